The highest BCUT2D eigenvalue weighted by molar-refractivity contribution is 5.08. The first kappa shape index (κ1) is 9.64. The SMILES string of the molecule is Cn1cc(C(CN)OC2COC2)cn1. The highest BCUT2D eigenvalue weighted by Gasteiger charge is 2.24. The summed E-state index contributed by atoms with van der Waals surface area (Å²) in [4.78, 5) is 0. The van der Waals surface area contributed by atoms with Crippen LogP contribution in [0.25, 0.3) is 0 Å². The number of rotatable bonds is 4. The molecule has 0 radical (unpaired) electrons. The molecular formula is C9H15N3O2. The molecule has 1 atom stereocenters. The summed E-state index contributed by atoms with van der Waals surface area (Å²) >= 11 is 0. The molecule has 1 aromatic rings. The van der Waals surface area contributed by atoms with Crippen LogP contribution in [0, 0.1) is 0 Å². The Morgan fingerprint density at radius 2 is 2.57 bits per heavy atom. The zero-order valence-electron chi connectivity index (χ0n) is 8.22. The lowest BCUT2D eigenvalue weighted by Gasteiger charge is -2.29. The van der Waals surface area contributed by atoms with Gasteiger partial charge in [0.15, 0.2) is 0 Å². The lowest BCUT2D eigenvalue weighted by atomic mass is 10.2. The van der Waals surface area contributed by atoms with Crippen LogP contribution < -0.4 is 5.73 Å². The fourth-order valence-corrected chi connectivity index (χ4v) is 1.40. The molecule has 14 heavy (non-hydrogen) atoms. The third-order valence-corrected chi connectivity index (χ3v) is 2.27. The van der Waals surface area contributed by atoms with Crippen molar-refractivity contribution in [2.45, 2.75) is 12.2 Å². The summed E-state index contributed by atoms with van der Waals surface area (Å²) in [6.07, 6.45) is 3.86. The molecule has 78 valence electrons. The molecule has 0 saturated carbocycles. The van der Waals surface area contributed by atoms with Gasteiger partial charge in [-0.2, -0.15) is 5.10 Å². The van der Waals surface area contributed by atoms with E-state index < -0.39 is 0 Å². The predicted molar refractivity (Wildman–Crippen MR) is 50.7 cm³/mol. The molecule has 5 heteroatoms. The van der Waals surface area contributed by atoms with Crippen LogP contribution in [-0.2, 0) is 16.5 Å². The molecule has 0 aromatic carbocycles. The van der Waals surface area contributed by atoms with Gasteiger partial charge in [0.2, 0.25) is 0 Å². The van der Waals surface area contributed by atoms with Crippen molar-refractivity contribution in [3.05, 3.63) is 18.0 Å². The Bertz CT molecular complexity index is 296. The van der Waals surface area contributed by atoms with Gasteiger partial charge in [-0.15, -0.1) is 0 Å². The summed E-state index contributed by atoms with van der Waals surface area (Å²) in [6, 6.07) is 0. The van der Waals surface area contributed by atoms with Crippen LogP contribution in [0.15, 0.2) is 12.4 Å². The maximum Gasteiger partial charge on any atom is 0.105 e. The van der Waals surface area contributed by atoms with E-state index in [4.69, 9.17) is 15.2 Å². The van der Waals surface area contributed by atoms with Crippen LogP contribution in [0.4, 0.5) is 0 Å². The fourth-order valence-electron chi connectivity index (χ4n) is 1.40. The molecule has 2 N–H and O–H groups in total. The van der Waals surface area contributed by atoms with Crippen LogP contribution in [0.2, 0.25) is 0 Å². The van der Waals surface area contributed by atoms with E-state index in [1.807, 2.05) is 13.2 Å². The summed E-state index contributed by atoms with van der Waals surface area (Å²) in [5.41, 5.74) is 6.67. The van der Waals surface area contributed by atoms with Crippen molar-refractivity contribution in [1.29, 1.82) is 0 Å². The summed E-state index contributed by atoms with van der Waals surface area (Å²) in [7, 11) is 1.88. The van der Waals surface area contributed by atoms with Gasteiger partial charge in [-0.1, -0.05) is 0 Å². The normalized spacial score (nSPS) is 19.3. The van der Waals surface area contributed by atoms with Crippen molar-refractivity contribution in [1.82, 2.24) is 9.78 Å². The molecule has 1 aromatic heterocycles. The number of hydrogen-bond donors (Lipinski definition) is 1. The second-order valence-electron chi connectivity index (χ2n) is 3.47. The second kappa shape index (κ2) is 4.08. The Hall–Kier alpha value is -0.910. The van der Waals surface area contributed by atoms with Gasteiger partial charge in [0, 0.05) is 25.4 Å². The molecule has 2 heterocycles. The Morgan fingerprint density at radius 1 is 1.79 bits per heavy atom. The highest BCUT2D eigenvalue weighted by atomic mass is 16.6. The number of aromatic nitrogens is 2. The van der Waals surface area contributed by atoms with Crippen molar-refractivity contribution >= 4 is 0 Å². The molecule has 0 aliphatic carbocycles. The molecule has 1 fully saturated rings. The summed E-state index contributed by atoms with van der Waals surface area (Å²) in [6.45, 7) is 1.83. The Morgan fingerprint density at radius 3 is 3.00 bits per heavy atom. The first-order valence-corrected chi connectivity index (χ1v) is 4.71. The van der Waals surface area contributed by atoms with E-state index in [2.05, 4.69) is 5.10 Å². The number of nitrogens with two attached hydrogens (primary N) is 1. The number of nitrogens with zero attached hydrogens (tertiary/aromatic N) is 2. The molecule has 0 bridgehead atoms. The van der Waals surface area contributed by atoms with E-state index in [0.717, 1.165) is 5.56 Å². The molecule has 1 saturated heterocycles. The first-order valence-electron chi connectivity index (χ1n) is 4.71. The van der Waals surface area contributed by atoms with Gasteiger partial charge >= 0.3 is 0 Å². The van der Waals surface area contributed by atoms with Gasteiger partial charge in [-0.25, -0.2) is 0 Å². The van der Waals surface area contributed by atoms with Crippen LogP contribution in [0.3, 0.4) is 0 Å². The average Bonchev–Trinajstić information content (AvgIpc) is 2.50. The number of ether oxygens (including phenoxy) is 2. The minimum atomic E-state index is -0.0578. The van der Waals surface area contributed by atoms with Gasteiger partial charge in [0.25, 0.3) is 0 Å². The van der Waals surface area contributed by atoms with Gasteiger partial charge in [0.05, 0.1) is 25.5 Å². The quantitative estimate of drug-likeness (QED) is 0.728. The van der Waals surface area contributed by atoms with E-state index in [1.54, 1.807) is 10.9 Å². The second-order valence-corrected chi connectivity index (χ2v) is 3.47. The molecule has 1 aliphatic heterocycles. The van der Waals surface area contributed by atoms with E-state index in [-0.39, 0.29) is 12.2 Å². The highest BCUT2D eigenvalue weighted by Crippen LogP contribution is 2.20. The van der Waals surface area contributed by atoms with Crippen LogP contribution in [0.5, 0.6) is 0 Å². The zero-order valence-corrected chi connectivity index (χ0v) is 8.22. The van der Waals surface area contributed by atoms with Gasteiger partial charge in [-0.3, -0.25) is 4.68 Å². The molecule has 1 aliphatic rings. The van der Waals surface area contributed by atoms with Crippen molar-refractivity contribution < 1.29 is 9.47 Å². The Kier molecular flexibility index (Phi) is 2.81. The molecular weight excluding hydrogens is 182 g/mol. The molecule has 2 rings (SSSR count). The zero-order chi connectivity index (χ0) is 9.97. The number of hydrogen-bond acceptors (Lipinski definition) is 4. The maximum atomic E-state index is 5.73. The van der Waals surface area contributed by atoms with Gasteiger partial charge in [-0.05, 0) is 0 Å². The summed E-state index contributed by atoms with van der Waals surface area (Å²) < 4.78 is 12.5. The topological polar surface area (TPSA) is 62.3 Å². The summed E-state index contributed by atoms with van der Waals surface area (Å²) in [5.74, 6) is 0. The third kappa shape index (κ3) is 1.95. The van der Waals surface area contributed by atoms with Crippen molar-refractivity contribution in [2.24, 2.45) is 12.8 Å². The fraction of sp³-hybridized carbons (Fsp3) is 0.667. The number of aryl methyl sites for hydroxylation is 1. The standard InChI is InChI=1S/C9H15N3O2/c1-12-4-7(3-11-12)9(2-10)14-8-5-13-6-8/h3-4,8-9H,2,5-6,10H2,1H3. The Balaban J connectivity index is 1.97. The Labute approximate surface area is 82.8 Å². The van der Waals surface area contributed by atoms with Crippen molar-refractivity contribution in [3.8, 4) is 0 Å². The van der Waals surface area contributed by atoms with Gasteiger partial charge < -0.3 is 15.2 Å². The monoisotopic (exact) mass is 197 g/mol. The summed E-state index contributed by atoms with van der Waals surface area (Å²) in [5, 5.41) is 4.09. The minimum absolute atomic E-state index is 0.0578. The van der Waals surface area contributed by atoms with Crippen molar-refractivity contribution in [2.75, 3.05) is 19.8 Å². The van der Waals surface area contributed by atoms with E-state index >= 15 is 0 Å². The van der Waals surface area contributed by atoms with Crippen LogP contribution >= 0.6 is 0 Å². The third-order valence-electron chi connectivity index (χ3n) is 2.27. The van der Waals surface area contributed by atoms with E-state index in [1.165, 1.54) is 0 Å². The maximum absolute atomic E-state index is 5.73. The minimum Gasteiger partial charge on any atom is -0.376 e. The molecule has 1 unspecified atom stereocenters. The largest absolute Gasteiger partial charge is 0.376 e. The van der Waals surface area contributed by atoms with Crippen molar-refractivity contribution in [3.63, 3.8) is 0 Å². The lowest BCUT2D eigenvalue weighted by Crippen LogP contribution is -2.38. The van der Waals surface area contributed by atoms with E-state index in [0.29, 0.717) is 19.8 Å². The van der Waals surface area contributed by atoms with E-state index in [9.17, 15) is 0 Å². The molecule has 0 amide bonds. The van der Waals surface area contributed by atoms with Crippen LogP contribution in [-0.4, -0.2) is 35.6 Å². The van der Waals surface area contributed by atoms with Gasteiger partial charge in [0.1, 0.15) is 6.10 Å². The smallest absolute Gasteiger partial charge is 0.105 e. The lowest BCUT2D eigenvalue weighted by molar-refractivity contribution is -0.153. The predicted octanol–water partition coefficient (Wildman–Crippen LogP) is -0.165. The molecule has 0 spiro atoms. The average molecular weight is 197 g/mol. The molecule has 5 nitrogen and oxygen atoms in total. The van der Waals surface area contributed by atoms with Crippen LogP contribution in [0.1, 0.15) is 11.7 Å². The first-order chi connectivity index (χ1) is 6.79.